The molecule has 32 heavy (non-hydrogen) atoms. The van der Waals surface area contributed by atoms with Gasteiger partial charge in [0.2, 0.25) is 0 Å². The van der Waals surface area contributed by atoms with Crippen LogP contribution in [0.25, 0.3) is 0 Å². The van der Waals surface area contributed by atoms with E-state index in [0.717, 1.165) is 5.56 Å². The summed E-state index contributed by atoms with van der Waals surface area (Å²) in [4.78, 5) is 24.2. The number of epoxide rings is 1. The van der Waals surface area contributed by atoms with E-state index in [-0.39, 0.29) is 29.4 Å². The van der Waals surface area contributed by atoms with Gasteiger partial charge in [0, 0.05) is 37.7 Å². The van der Waals surface area contributed by atoms with E-state index in [9.17, 15) is 9.59 Å². The Hall–Kier alpha value is -1.90. The smallest absolute Gasteiger partial charge is 0.302 e. The lowest BCUT2D eigenvalue weighted by atomic mass is 9.41. The molecule has 3 aliphatic heterocycles. The van der Waals surface area contributed by atoms with E-state index in [2.05, 4.69) is 13.8 Å². The van der Waals surface area contributed by atoms with Gasteiger partial charge in [0.1, 0.15) is 23.9 Å². The topological polar surface area (TPSA) is 96.7 Å². The number of hydrogen-bond donors (Lipinski definition) is 0. The van der Waals surface area contributed by atoms with Crippen molar-refractivity contribution >= 4 is 11.9 Å². The third kappa shape index (κ3) is 2.10. The largest absolute Gasteiger partial charge is 0.472 e. The Bertz CT molecular complexity index is 990. The standard InChI is InChI=1S/C24H30O8/c1-13-8-18(30-15(3)26)22-12-28-23(16-6-7-27-10-16)11-20(13,4)24(22,32-23)9-17(29-14(2)25)19-21(22,5)31-19/h6-7,10,13,17-19H,8-9,11-12H2,1-5H3/t13-,17-,18+,19-,20+,21-,22-,23+,24+/m0/s1. The predicted molar refractivity (Wildman–Crippen MR) is 108 cm³/mol. The van der Waals surface area contributed by atoms with Crippen LogP contribution in [0, 0.1) is 16.7 Å². The number of furan rings is 1. The highest BCUT2D eigenvalue weighted by atomic mass is 16.7. The summed E-state index contributed by atoms with van der Waals surface area (Å²) in [7, 11) is 0. The van der Waals surface area contributed by atoms with Crippen molar-refractivity contribution in [2.24, 2.45) is 16.7 Å². The lowest BCUT2D eigenvalue weighted by Gasteiger charge is -2.67. The predicted octanol–water partition coefficient (Wildman–Crippen LogP) is 3.08. The van der Waals surface area contributed by atoms with Gasteiger partial charge in [-0.2, -0.15) is 0 Å². The molecule has 2 saturated carbocycles. The number of carbonyl (C=O) groups excluding carboxylic acids is 2. The van der Waals surface area contributed by atoms with Gasteiger partial charge in [0.05, 0.1) is 30.1 Å². The van der Waals surface area contributed by atoms with Gasteiger partial charge in [0.15, 0.2) is 5.79 Å². The molecule has 9 atom stereocenters. The maximum absolute atomic E-state index is 12.2. The molecule has 2 aliphatic carbocycles. The van der Waals surface area contributed by atoms with E-state index < -0.39 is 34.6 Å². The van der Waals surface area contributed by atoms with Gasteiger partial charge in [-0.3, -0.25) is 9.59 Å². The molecule has 5 aliphatic rings. The van der Waals surface area contributed by atoms with Crippen molar-refractivity contribution in [1.82, 2.24) is 0 Å². The second-order valence-corrected chi connectivity index (χ2v) is 10.8. The molecule has 1 aromatic rings. The zero-order valence-corrected chi connectivity index (χ0v) is 19.1. The van der Waals surface area contributed by atoms with Gasteiger partial charge in [-0.25, -0.2) is 0 Å². The first-order chi connectivity index (χ1) is 15.0. The summed E-state index contributed by atoms with van der Waals surface area (Å²) in [6.45, 7) is 9.63. The number of fused-ring (bicyclic) bond motifs is 2. The minimum absolute atomic E-state index is 0.160. The van der Waals surface area contributed by atoms with Crippen LogP contribution in [0.4, 0.5) is 0 Å². The summed E-state index contributed by atoms with van der Waals surface area (Å²) in [5.74, 6) is -1.48. The summed E-state index contributed by atoms with van der Waals surface area (Å²) in [6.07, 6.45) is 3.91. The zero-order chi connectivity index (χ0) is 22.7. The molecule has 2 bridgehead atoms. The molecule has 0 aromatic carbocycles. The Kier molecular flexibility index (Phi) is 3.85. The molecule has 5 fully saturated rings. The first-order valence-electron chi connectivity index (χ1n) is 11.4. The van der Waals surface area contributed by atoms with Crippen LogP contribution < -0.4 is 0 Å². The quantitative estimate of drug-likeness (QED) is 0.516. The van der Waals surface area contributed by atoms with Crippen LogP contribution in [0.2, 0.25) is 0 Å². The third-order valence-electron chi connectivity index (χ3n) is 9.48. The van der Waals surface area contributed by atoms with Crippen LogP contribution in [0.15, 0.2) is 23.0 Å². The molecule has 1 spiro atoms. The first-order valence-corrected chi connectivity index (χ1v) is 11.4. The lowest BCUT2D eigenvalue weighted by Crippen LogP contribution is -2.78. The fraction of sp³-hybridized carbons (Fsp3) is 0.750. The molecule has 0 radical (unpaired) electrons. The minimum Gasteiger partial charge on any atom is -0.472 e. The highest BCUT2D eigenvalue weighted by Gasteiger charge is 2.91. The second kappa shape index (κ2) is 5.96. The summed E-state index contributed by atoms with van der Waals surface area (Å²) in [5, 5.41) is 0. The fourth-order valence-corrected chi connectivity index (χ4v) is 7.92. The normalized spacial score (nSPS) is 52.5. The van der Waals surface area contributed by atoms with Crippen molar-refractivity contribution in [3.05, 3.63) is 24.2 Å². The van der Waals surface area contributed by atoms with E-state index in [0.29, 0.717) is 25.9 Å². The third-order valence-corrected chi connectivity index (χ3v) is 9.48. The van der Waals surface area contributed by atoms with Gasteiger partial charge in [-0.1, -0.05) is 13.8 Å². The molecular weight excluding hydrogens is 416 g/mol. The minimum atomic E-state index is -0.969. The molecule has 8 nitrogen and oxygen atoms in total. The van der Waals surface area contributed by atoms with E-state index >= 15 is 0 Å². The number of esters is 2. The maximum atomic E-state index is 12.2. The van der Waals surface area contributed by atoms with Crippen molar-refractivity contribution in [2.75, 3.05) is 6.61 Å². The van der Waals surface area contributed by atoms with Crippen LogP contribution in [0.5, 0.6) is 0 Å². The van der Waals surface area contributed by atoms with Gasteiger partial charge in [-0.05, 0) is 25.3 Å². The van der Waals surface area contributed by atoms with E-state index in [1.807, 2.05) is 13.0 Å². The molecule has 4 heterocycles. The van der Waals surface area contributed by atoms with Crippen molar-refractivity contribution < 1.29 is 37.7 Å². The van der Waals surface area contributed by atoms with Crippen LogP contribution in [-0.4, -0.2) is 48.1 Å². The van der Waals surface area contributed by atoms with Crippen LogP contribution in [0.3, 0.4) is 0 Å². The monoisotopic (exact) mass is 446 g/mol. The Morgan fingerprint density at radius 1 is 1.16 bits per heavy atom. The highest BCUT2D eigenvalue weighted by molar-refractivity contribution is 5.67. The lowest BCUT2D eigenvalue weighted by molar-refractivity contribution is -0.396. The first kappa shape index (κ1) is 20.7. The number of carbonyl (C=O) groups is 2. The van der Waals surface area contributed by atoms with Gasteiger partial charge in [-0.15, -0.1) is 0 Å². The van der Waals surface area contributed by atoms with Crippen molar-refractivity contribution in [3.63, 3.8) is 0 Å². The summed E-state index contributed by atoms with van der Waals surface area (Å²) in [6, 6.07) is 1.88. The van der Waals surface area contributed by atoms with E-state index in [4.69, 9.17) is 28.1 Å². The van der Waals surface area contributed by atoms with Gasteiger partial charge < -0.3 is 28.1 Å². The second-order valence-electron chi connectivity index (χ2n) is 10.8. The fourth-order valence-electron chi connectivity index (χ4n) is 7.92. The number of rotatable bonds is 3. The molecule has 3 saturated heterocycles. The van der Waals surface area contributed by atoms with Crippen molar-refractivity contribution in [3.8, 4) is 0 Å². The Morgan fingerprint density at radius 2 is 1.91 bits per heavy atom. The zero-order valence-electron chi connectivity index (χ0n) is 19.1. The van der Waals surface area contributed by atoms with Crippen LogP contribution in [0.1, 0.15) is 59.4 Å². The average Bonchev–Trinajstić information content (AvgIpc) is 3.07. The van der Waals surface area contributed by atoms with Crippen molar-refractivity contribution in [1.29, 1.82) is 0 Å². The molecule has 0 unspecified atom stereocenters. The summed E-state index contributed by atoms with van der Waals surface area (Å²) >= 11 is 0. The molecule has 174 valence electrons. The molecule has 1 aromatic heterocycles. The van der Waals surface area contributed by atoms with E-state index in [1.54, 1.807) is 12.5 Å². The number of ether oxygens (including phenoxy) is 5. The van der Waals surface area contributed by atoms with Crippen molar-refractivity contribution in [2.45, 2.75) is 89.2 Å². The molecule has 8 heteroatoms. The Balaban J connectivity index is 1.57. The maximum Gasteiger partial charge on any atom is 0.302 e. The van der Waals surface area contributed by atoms with Gasteiger partial charge in [0.25, 0.3) is 0 Å². The molecule has 0 N–H and O–H groups in total. The SMILES string of the molecule is CC(=O)O[C@H]1C[C@@]23O[C@@]4(c5ccoc5)C[C@]2(C)[C@@H](C)C[C@@H](OC(C)=O)[C@@]3(CO4)[C@@]2(C)O[C@@H]12. The van der Waals surface area contributed by atoms with Crippen LogP contribution >= 0.6 is 0 Å². The van der Waals surface area contributed by atoms with Gasteiger partial charge >= 0.3 is 11.9 Å². The Labute approximate surface area is 186 Å². The van der Waals surface area contributed by atoms with E-state index in [1.165, 1.54) is 13.8 Å². The highest BCUT2D eigenvalue weighted by Crippen LogP contribution is 2.80. The molecule has 0 amide bonds. The Morgan fingerprint density at radius 3 is 2.56 bits per heavy atom. The molecular formula is C24H30O8. The molecule has 6 rings (SSSR count). The summed E-state index contributed by atoms with van der Waals surface area (Å²) < 4.78 is 37.2. The average molecular weight is 446 g/mol. The number of hydrogen-bond acceptors (Lipinski definition) is 8. The summed E-state index contributed by atoms with van der Waals surface area (Å²) in [5.41, 5.74) is -1.72. The van der Waals surface area contributed by atoms with Crippen LogP contribution in [-0.2, 0) is 39.1 Å².